The van der Waals surface area contributed by atoms with Crippen LogP contribution in [0.2, 0.25) is 0 Å². The highest BCUT2D eigenvalue weighted by molar-refractivity contribution is 5.30. The predicted octanol–water partition coefficient (Wildman–Crippen LogP) is 3.33. The number of aromatic nitrogens is 2. The summed E-state index contributed by atoms with van der Waals surface area (Å²) in [5.74, 6) is 1.33. The molecule has 0 unspecified atom stereocenters. The molecule has 2 fully saturated rings. The molecule has 2 atom stereocenters. The number of likely N-dealkylation sites (tertiary alicyclic amines) is 2. The fourth-order valence-electron chi connectivity index (χ4n) is 6.99. The van der Waals surface area contributed by atoms with Gasteiger partial charge in [-0.05, 0) is 62.2 Å². The molecule has 0 saturated carbocycles. The Balaban J connectivity index is 1.13. The maximum Gasteiger partial charge on any atom is 0.250 e. The van der Waals surface area contributed by atoms with E-state index in [0.29, 0.717) is 36.5 Å². The number of fused-ring (bicyclic) bond motifs is 4. The maximum atomic E-state index is 12.8. The van der Waals surface area contributed by atoms with Crippen molar-refractivity contribution in [2.75, 3.05) is 26.2 Å². The summed E-state index contributed by atoms with van der Waals surface area (Å²) in [5, 5.41) is 10.7. The fourth-order valence-corrected chi connectivity index (χ4v) is 6.99. The minimum absolute atomic E-state index is 0.0975. The first-order valence-electron chi connectivity index (χ1n) is 14.0. The Morgan fingerprint density at radius 1 is 0.895 bits per heavy atom. The zero-order valence-electron chi connectivity index (χ0n) is 22.3. The molecule has 0 radical (unpaired) electrons. The van der Waals surface area contributed by atoms with Gasteiger partial charge in [-0.15, -0.1) is 0 Å². The van der Waals surface area contributed by atoms with E-state index in [0.717, 1.165) is 69.8 Å². The molecule has 6 rings (SSSR count). The van der Waals surface area contributed by atoms with Crippen LogP contribution in [-0.2, 0) is 33.1 Å². The van der Waals surface area contributed by atoms with E-state index >= 15 is 0 Å². The molecular formula is C31H38N4O3. The standard InChI is InChI=1S/C31H38N4O3/c1-32-26(20-34-17-24-15-25(19-34)27-8-5-9-30(37)35(27)18-24)16-29(36)31(38)28(32)21-33-12-10-23(11-13-33)14-22-6-3-2-4-7-22/h2-9,16,23-25,38H,10-15,17-21H2,1H3/t24-,25-/m0/s1. The smallest absolute Gasteiger partial charge is 0.250 e. The lowest BCUT2D eigenvalue weighted by Crippen LogP contribution is -2.47. The van der Waals surface area contributed by atoms with Crippen molar-refractivity contribution in [3.63, 3.8) is 0 Å². The summed E-state index contributed by atoms with van der Waals surface area (Å²) in [6, 6.07) is 17.9. The SMILES string of the molecule is Cn1c(CN2C[C@@H]3C[C@@H](C2)c2cccc(=O)n2C3)cc(=O)c(O)c1CN1CCC(Cc2ccccc2)CC1. The molecule has 5 heterocycles. The normalized spacial score (nSPS) is 22.3. The zero-order chi connectivity index (χ0) is 26.2. The van der Waals surface area contributed by atoms with Gasteiger partial charge in [-0.1, -0.05) is 36.4 Å². The van der Waals surface area contributed by atoms with Crippen LogP contribution in [0.25, 0.3) is 0 Å². The summed E-state index contributed by atoms with van der Waals surface area (Å²) >= 11 is 0. The summed E-state index contributed by atoms with van der Waals surface area (Å²) in [5.41, 5.74) is 3.99. The van der Waals surface area contributed by atoms with Gasteiger partial charge in [0.05, 0.1) is 5.69 Å². The highest BCUT2D eigenvalue weighted by Crippen LogP contribution is 2.35. The summed E-state index contributed by atoms with van der Waals surface area (Å²) in [7, 11) is 1.98. The molecule has 200 valence electrons. The number of nitrogens with zero attached hydrogens (tertiary/aromatic N) is 4. The molecule has 2 saturated heterocycles. The lowest BCUT2D eigenvalue weighted by atomic mass is 9.83. The quantitative estimate of drug-likeness (QED) is 0.547. The Bertz CT molecular complexity index is 1400. The fraction of sp³-hybridized carbons (Fsp3) is 0.484. The molecule has 0 spiro atoms. The first-order chi connectivity index (χ1) is 18.4. The van der Waals surface area contributed by atoms with Gasteiger partial charge in [0, 0.05) is 69.2 Å². The third kappa shape index (κ3) is 5.09. The van der Waals surface area contributed by atoms with Crippen molar-refractivity contribution in [1.29, 1.82) is 0 Å². The minimum atomic E-state index is -0.291. The average molecular weight is 515 g/mol. The lowest BCUT2D eigenvalue weighted by Gasteiger charge is -2.43. The van der Waals surface area contributed by atoms with E-state index < -0.39 is 0 Å². The van der Waals surface area contributed by atoms with E-state index in [1.807, 2.05) is 22.2 Å². The second-order valence-electron chi connectivity index (χ2n) is 11.7. The number of aromatic hydroxyl groups is 1. The number of rotatable bonds is 6. The van der Waals surface area contributed by atoms with Crippen molar-refractivity contribution >= 4 is 0 Å². The van der Waals surface area contributed by atoms with Gasteiger partial charge >= 0.3 is 0 Å². The van der Waals surface area contributed by atoms with Crippen molar-refractivity contribution in [2.24, 2.45) is 18.9 Å². The molecule has 1 N–H and O–H groups in total. The second-order valence-corrected chi connectivity index (χ2v) is 11.7. The Morgan fingerprint density at radius 2 is 1.68 bits per heavy atom. The zero-order valence-corrected chi connectivity index (χ0v) is 22.3. The van der Waals surface area contributed by atoms with E-state index in [4.69, 9.17) is 0 Å². The number of hydrogen-bond acceptors (Lipinski definition) is 5. The van der Waals surface area contributed by atoms with E-state index in [2.05, 4.69) is 46.2 Å². The van der Waals surface area contributed by atoms with Crippen molar-refractivity contribution in [3.8, 4) is 5.75 Å². The second kappa shape index (κ2) is 10.5. The summed E-state index contributed by atoms with van der Waals surface area (Å²) in [6.07, 6.45) is 4.49. The topological polar surface area (TPSA) is 70.7 Å². The maximum absolute atomic E-state index is 12.8. The Morgan fingerprint density at radius 3 is 2.47 bits per heavy atom. The van der Waals surface area contributed by atoms with Crippen LogP contribution in [0.1, 0.15) is 47.8 Å². The van der Waals surface area contributed by atoms with Gasteiger partial charge in [0.2, 0.25) is 5.43 Å². The third-order valence-electron chi connectivity index (χ3n) is 9.03. The molecule has 0 amide bonds. The number of benzene rings is 1. The van der Waals surface area contributed by atoms with Gasteiger partial charge in [-0.2, -0.15) is 0 Å². The van der Waals surface area contributed by atoms with Crippen LogP contribution in [0.4, 0.5) is 0 Å². The summed E-state index contributed by atoms with van der Waals surface area (Å²) < 4.78 is 3.99. The Hall–Kier alpha value is -3.16. The monoisotopic (exact) mass is 514 g/mol. The highest BCUT2D eigenvalue weighted by atomic mass is 16.3. The van der Waals surface area contributed by atoms with Gasteiger partial charge in [-0.3, -0.25) is 19.4 Å². The molecule has 3 aliphatic rings. The van der Waals surface area contributed by atoms with Gasteiger partial charge < -0.3 is 14.2 Å². The van der Waals surface area contributed by atoms with Gasteiger partial charge in [0.15, 0.2) is 5.75 Å². The van der Waals surface area contributed by atoms with E-state index in [1.54, 1.807) is 12.1 Å². The molecule has 1 aromatic carbocycles. The van der Waals surface area contributed by atoms with Crippen LogP contribution in [0.5, 0.6) is 5.75 Å². The Kier molecular flexibility index (Phi) is 6.97. The van der Waals surface area contributed by atoms with Gasteiger partial charge in [-0.25, -0.2) is 0 Å². The van der Waals surface area contributed by atoms with Crippen LogP contribution in [0.3, 0.4) is 0 Å². The predicted molar refractivity (Wildman–Crippen MR) is 148 cm³/mol. The molecule has 2 bridgehead atoms. The molecule has 7 nitrogen and oxygen atoms in total. The lowest BCUT2D eigenvalue weighted by molar-refractivity contribution is 0.111. The van der Waals surface area contributed by atoms with Crippen molar-refractivity contribution < 1.29 is 5.11 Å². The van der Waals surface area contributed by atoms with E-state index in [1.165, 1.54) is 5.56 Å². The molecule has 3 aliphatic heterocycles. The molecule has 38 heavy (non-hydrogen) atoms. The first-order valence-corrected chi connectivity index (χ1v) is 14.0. The van der Waals surface area contributed by atoms with Crippen molar-refractivity contribution in [3.05, 3.63) is 97.8 Å². The largest absolute Gasteiger partial charge is 0.503 e. The van der Waals surface area contributed by atoms with Crippen LogP contribution < -0.4 is 11.0 Å². The highest BCUT2D eigenvalue weighted by Gasteiger charge is 2.34. The number of hydrogen-bond donors (Lipinski definition) is 1. The first kappa shape index (κ1) is 25.1. The van der Waals surface area contributed by atoms with Crippen LogP contribution >= 0.6 is 0 Å². The third-order valence-corrected chi connectivity index (χ3v) is 9.03. The number of pyridine rings is 2. The Labute approximate surface area is 223 Å². The molecule has 7 heteroatoms. The minimum Gasteiger partial charge on any atom is -0.503 e. The molecular weight excluding hydrogens is 476 g/mol. The summed E-state index contributed by atoms with van der Waals surface area (Å²) in [6.45, 7) is 5.76. The van der Waals surface area contributed by atoms with Crippen molar-refractivity contribution in [2.45, 2.75) is 51.2 Å². The van der Waals surface area contributed by atoms with Crippen LogP contribution in [0, 0.1) is 11.8 Å². The van der Waals surface area contributed by atoms with E-state index in [9.17, 15) is 14.7 Å². The molecule has 2 aromatic heterocycles. The average Bonchev–Trinajstić information content (AvgIpc) is 2.92. The van der Waals surface area contributed by atoms with E-state index in [-0.39, 0.29) is 16.7 Å². The van der Waals surface area contributed by atoms with Gasteiger partial charge in [0.25, 0.3) is 5.56 Å². The summed E-state index contributed by atoms with van der Waals surface area (Å²) in [4.78, 5) is 30.0. The molecule has 3 aromatic rings. The number of piperidine rings is 2. The molecule has 0 aliphatic carbocycles. The van der Waals surface area contributed by atoms with Gasteiger partial charge in [0.1, 0.15) is 0 Å². The van der Waals surface area contributed by atoms with Crippen LogP contribution in [0.15, 0.2) is 64.2 Å². The van der Waals surface area contributed by atoms with Crippen molar-refractivity contribution in [1.82, 2.24) is 18.9 Å². The van der Waals surface area contributed by atoms with Crippen LogP contribution in [-0.4, -0.2) is 50.2 Å².